The van der Waals surface area contributed by atoms with E-state index in [2.05, 4.69) is 38.5 Å². The number of thiol groups is 1. The van der Waals surface area contributed by atoms with Crippen LogP contribution in [0.3, 0.4) is 0 Å². The van der Waals surface area contributed by atoms with E-state index in [1.807, 2.05) is 12.1 Å². The van der Waals surface area contributed by atoms with Gasteiger partial charge in [-0.2, -0.15) is 0 Å². The third-order valence-corrected chi connectivity index (χ3v) is 2.93. The van der Waals surface area contributed by atoms with E-state index in [1.54, 1.807) is 13.1 Å². The number of esters is 1. The average molecular weight is 305 g/mol. The Bertz CT molecular complexity index is 362. The van der Waals surface area contributed by atoms with Crippen LogP contribution in [-0.4, -0.2) is 17.6 Å². The molecule has 1 atom stereocenters. The summed E-state index contributed by atoms with van der Waals surface area (Å²) < 4.78 is 8.47. The molecule has 1 N–H and O–H groups in total. The highest BCUT2D eigenvalue weighted by atomic mass is 79.9. The van der Waals surface area contributed by atoms with E-state index < -0.39 is 0 Å². The number of carbonyl (C=O) groups is 1. The van der Waals surface area contributed by atoms with E-state index in [-0.39, 0.29) is 18.4 Å². The molecule has 0 aliphatic rings. The highest BCUT2D eigenvalue weighted by Gasteiger charge is 2.18. The molecule has 6 heteroatoms. The largest absolute Gasteiger partial charge is 0.466 e. The molecule has 88 valence electrons. The van der Waals surface area contributed by atoms with Crippen molar-refractivity contribution in [1.82, 2.24) is 9.71 Å². The molecular formula is C10H13BrN2O2S. The van der Waals surface area contributed by atoms with Crippen molar-refractivity contribution in [2.75, 3.05) is 6.61 Å². The zero-order valence-corrected chi connectivity index (χ0v) is 11.3. The third-order valence-electron chi connectivity index (χ3n) is 1.95. The Morgan fingerprint density at radius 3 is 3.06 bits per heavy atom. The Hall–Kier alpha value is -0.590. The predicted octanol–water partition coefficient (Wildman–Crippen LogP) is 2.27. The van der Waals surface area contributed by atoms with Crippen LogP contribution in [0.2, 0.25) is 0 Å². The topological polar surface area (TPSA) is 51.2 Å². The van der Waals surface area contributed by atoms with Crippen LogP contribution in [0.1, 0.15) is 25.1 Å². The Balaban J connectivity index is 2.75. The van der Waals surface area contributed by atoms with Crippen LogP contribution < -0.4 is 4.72 Å². The Labute approximate surface area is 108 Å². The standard InChI is InChI=1S/C10H13BrN2O2S/c1-2-15-9(14)6-8(13-16)10-7(11)4-3-5-12-10/h3-5,8,13,16H,2,6H2,1H3. The van der Waals surface area contributed by atoms with Crippen LogP contribution >= 0.6 is 28.7 Å². The van der Waals surface area contributed by atoms with E-state index in [9.17, 15) is 4.79 Å². The normalized spacial score (nSPS) is 12.2. The molecule has 0 radical (unpaired) electrons. The number of hydrogen-bond donors (Lipinski definition) is 2. The second kappa shape index (κ2) is 6.88. The Kier molecular flexibility index (Phi) is 5.79. The first-order valence-electron chi connectivity index (χ1n) is 4.84. The third kappa shape index (κ3) is 3.77. The Morgan fingerprint density at radius 2 is 2.50 bits per heavy atom. The molecule has 0 aliphatic carbocycles. The van der Waals surface area contributed by atoms with Crippen molar-refractivity contribution in [3.63, 3.8) is 0 Å². The number of halogens is 1. The van der Waals surface area contributed by atoms with Gasteiger partial charge in [0.2, 0.25) is 0 Å². The zero-order chi connectivity index (χ0) is 12.0. The highest BCUT2D eigenvalue weighted by molar-refractivity contribution is 9.10. The first-order chi connectivity index (χ1) is 7.69. The Morgan fingerprint density at radius 1 is 1.75 bits per heavy atom. The van der Waals surface area contributed by atoms with Crippen LogP contribution in [0, 0.1) is 0 Å². The summed E-state index contributed by atoms with van der Waals surface area (Å²) in [5.74, 6) is -0.272. The maximum absolute atomic E-state index is 11.4. The fraction of sp³-hybridized carbons (Fsp3) is 0.400. The van der Waals surface area contributed by atoms with Gasteiger partial charge in [0.25, 0.3) is 0 Å². The van der Waals surface area contributed by atoms with Gasteiger partial charge in [0.05, 0.1) is 24.8 Å². The van der Waals surface area contributed by atoms with Crippen molar-refractivity contribution in [3.8, 4) is 0 Å². The van der Waals surface area contributed by atoms with Gasteiger partial charge in [0.1, 0.15) is 0 Å². The molecule has 0 spiro atoms. The molecule has 4 nitrogen and oxygen atoms in total. The van der Waals surface area contributed by atoms with Gasteiger partial charge in [0, 0.05) is 10.7 Å². The van der Waals surface area contributed by atoms with E-state index in [1.165, 1.54) is 0 Å². The minimum Gasteiger partial charge on any atom is -0.466 e. The quantitative estimate of drug-likeness (QED) is 0.647. The molecule has 1 rings (SSSR count). The molecule has 1 aromatic heterocycles. The lowest BCUT2D eigenvalue weighted by Crippen LogP contribution is -2.19. The number of aromatic nitrogens is 1. The van der Waals surface area contributed by atoms with Gasteiger partial charge < -0.3 is 4.74 Å². The lowest BCUT2D eigenvalue weighted by molar-refractivity contribution is -0.143. The van der Waals surface area contributed by atoms with E-state index in [0.717, 1.165) is 10.2 Å². The summed E-state index contributed by atoms with van der Waals surface area (Å²) in [7, 11) is 0. The molecule has 1 aromatic rings. The van der Waals surface area contributed by atoms with E-state index >= 15 is 0 Å². The van der Waals surface area contributed by atoms with Gasteiger partial charge in [-0.25, -0.2) is 0 Å². The average Bonchev–Trinajstić information content (AvgIpc) is 2.27. The van der Waals surface area contributed by atoms with Gasteiger partial charge in [-0.1, -0.05) is 12.8 Å². The van der Waals surface area contributed by atoms with E-state index in [4.69, 9.17) is 4.74 Å². The molecule has 0 fully saturated rings. The fourth-order valence-electron chi connectivity index (χ4n) is 1.24. The van der Waals surface area contributed by atoms with Crippen LogP contribution in [0.15, 0.2) is 22.8 Å². The number of nitrogens with one attached hydrogen (secondary N) is 1. The molecule has 0 aliphatic heterocycles. The minimum atomic E-state index is -0.272. The van der Waals surface area contributed by atoms with Crippen molar-refractivity contribution in [2.45, 2.75) is 19.4 Å². The van der Waals surface area contributed by atoms with Crippen molar-refractivity contribution in [2.24, 2.45) is 0 Å². The van der Waals surface area contributed by atoms with Crippen LogP contribution in [0.4, 0.5) is 0 Å². The molecule has 0 saturated carbocycles. The molecule has 16 heavy (non-hydrogen) atoms. The van der Waals surface area contributed by atoms with Crippen LogP contribution in [0.5, 0.6) is 0 Å². The van der Waals surface area contributed by atoms with Gasteiger partial charge in [-0.3, -0.25) is 14.5 Å². The lowest BCUT2D eigenvalue weighted by atomic mass is 10.1. The number of hydrogen-bond acceptors (Lipinski definition) is 5. The first kappa shape index (κ1) is 13.5. The smallest absolute Gasteiger partial charge is 0.307 e. The summed E-state index contributed by atoms with van der Waals surface area (Å²) >= 11 is 7.38. The maximum atomic E-state index is 11.4. The number of rotatable bonds is 5. The summed E-state index contributed by atoms with van der Waals surface area (Å²) in [6.45, 7) is 2.15. The van der Waals surface area contributed by atoms with Gasteiger partial charge >= 0.3 is 5.97 Å². The molecule has 0 amide bonds. The van der Waals surface area contributed by atoms with Gasteiger partial charge in [0.15, 0.2) is 0 Å². The van der Waals surface area contributed by atoms with Crippen molar-refractivity contribution in [1.29, 1.82) is 0 Å². The van der Waals surface area contributed by atoms with E-state index in [0.29, 0.717) is 6.61 Å². The molecule has 1 heterocycles. The van der Waals surface area contributed by atoms with Crippen LogP contribution in [-0.2, 0) is 9.53 Å². The molecule has 0 bridgehead atoms. The monoisotopic (exact) mass is 304 g/mol. The summed E-state index contributed by atoms with van der Waals surface area (Å²) in [6, 6.07) is 3.41. The highest BCUT2D eigenvalue weighted by Crippen LogP contribution is 2.23. The number of carbonyl (C=O) groups excluding carboxylic acids is 1. The molecule has 0 saturated heterocycles. The van der Waals surface area contributed by atoms with Crippen molar-refractivity contribution < 1.29 is 9.53 Å². The van der Waals surface area contributed by atoms with Crippen LogP contribution in [0.25, 0.3) is 0 Å². The summed E-state index contributed by atoms with van der Waals surface area (Å²) in [5, 5.41) is 0. The maximum Gasteiger partial charge on any atom is 0.307 e. The number of pyridine rings is 1. The molecular weight excluding hydrogens is 292 g/mol. The van der Waals surface area contributed by atoms with Crippen molar-refractivity contribution in [3.05, 3.63) is 28.5 Å². The van der Waals surface area contributed by atoms with Crippen molar-refractivity contribution >= 4 is 34.7 Å². The predicted molar refractivity (Wildman–Crippen MR) is 68.0 cm³/mol. The molecule has 1 unspecified atom stereocenters. The second-order valence-electron chi connectivity index (χ2n) is 3.06. The molecule has 0 aromatic carbocycles. The fourth-order valence-corrected chi connectivity index (χ4v) is 1.99. The summed E-state index contributed by atoms with van der Waals surface area (Å²) in [5.41, 5.74) is 0.741. The van der Waals surface area contributed by atoms with Gasteiger partial charge in [-0.15, -0.1) is 0 Å². The number of ether oxygens (including phenoxy) is 1. The van der Waals surface area contributed by atoms with Gasteiger partial charge in [-0.05, 0) is 35.0 Å². The minimum absolute atomic E-state index is 0.201. The zero-order valence-electron chi connectivity index (χ0n) is 8.81. The summed E-state index contributed by atoms with van der Waals surface area (Å²) in [6.07, 6.45) is 1.87. The first-order valence-corrected chi connectivity index (χ1v) is 6.08. The number of nitrogens with zero attached hydrogens (tertiary/aromatic N) is 1. The SMILES string of the molecule is CCOC(=O)CC(NS)c1ncccc1Br. The lowest BCUT2D eigenvalue weighted by Gasteiger charge is -2.15. The second-order valence-corrected chi connectivity index (χ2v) is 4.17. The summed E-state index contributed by atoms with van der Waals surface area (Å²) in [4.78, 5) is 15.6.